The lowest BCUT2D eigenvalue weighted by Crippen LogP contribution is -2.25. The molecule has 0 fully saturated rings. The van der Waals surface area contributed by atoms with E-state index in [1.807, 2.05) is 30.3 Å². The molecule has 4 heteroatoms. The summed E-state index contributed by atoms with van der Waals surface area (Å²) in [6.07, 6.45) is -0.684. The molecular formula is C16H17F2NO. The van der Waals surface area contributed by atoms with Gasteiger partial charge in [-0.05, 0) is 24.7 Å². The second-order valence-electron chi connectivity index (χ2n) is 4.82. The second kappa shape index (κ2) is 6.59. The van der Waals surface area contributed by atoms with Gasteiger partial charge < -0.3 is 5.11 Å². The van der Waals surface area contributed by atoms with Crippen molar-refractivity contribution >= 4 is 0 Å². The third-order valence-corrected chi connectivity index (χ3v) is 3.16. The van der Waals surface area contributed by atoms with E-state index in [1.165, 1.54) is 18.2 Å². The molecule has 0 radical (unpaired) electrons. The zero-order chi connectivity index (χ0) is 14.5. The molecule has 20 heavy (non-hydrogen) atoms. The van der Waals surface area contributed by atoms with Crippen LogP contribution in [0.3, 0.4) is 0 Å². The van der Waals surface area contributed by atoms with Gasteiger partial charge >= 0.3 is 0 Å². The van der Waals surface area contributed by atoms with E-state index in [9.17, 15) is 13.9 Å². The predicted molar refractivity (Wildman–Crippen MR) is 74.1 cm³/mol. The Morgan fingerprint density at radius 1 is 1.00 bits per heavy atom. The zero-order valence-electron chi connectivity index (χ0n) is 11.3. The van der Waals surface area contributed by atoms with Crippen LogP contribution in [0.2, 0.25) is 0 Å². The van der Waals surface area contributed by atoms with Gasteiger partial charge in [0.15, 0.2) is 0 Å². The van der Waals surface area contributed by atoms with Gasteiger partial charge in [0.2, 0.25) is 0 Å². The van der Waals surface area contributed by atoms with Crippen molar-refractivity contribution in [1.82, 2.24) is 4.90 Å². The molecule has 2 nitrogen and oxygen atoms in total. The first-order valence-corrected chi connectivity index (χ1v) is 6.42. The standard InChI is InChI=1S/C16H17F2NO/c1-19(10-13-14(17)8-5-9-15(13)18)11-16(20)12-6-3-2-4-7-12/h2-9,16,20H,10-11H2,1H3/t16-/m1/s1. The van der Waals surface area contributed by atoms with Gasteiger partial charge in [0.05, 0.1) is 6.10 Å². The number of nitrogens with zero attached hydrogens (tertiary/aromatic N) is 1. The molecule has 0 aliphatic heterocycles. The van der Waals surface area contributed by atoms with E-state index in [1.54, 1.807) is 11.9 Å². The van der Waals surface area contributed by atoms with Crippen LogP contribution in [-0.2, 0) is 6.54 Å². The molecule has 0 heterocycles. The SMILES string of the molecule is CN(Cc1c(F)cccc1F)C[C@@H](O)c1ccccc1. The van der Waals surface area contributed by atoms with Crippen molar-refractivity contribution < 1.29 is 13.9 Å². The fourth-order valence-corrected chi connectivity index (χ4v) is 2.09. The van der Waals surface area contributed by atoms with Crippen molar-refractivity contribution in [2.75, 3.05) is 13.6 Å². The molecule has 0 aliphatic rings. The van der Waals surface area contributed by atoms with Gasteiger partial charge in [-0.25, -0.2) is 8.78 Å². The Kier molecular flexibility index (Phi) is 4.82. The first-order valence-electron chi connectivity index (χ1n) is 6.42. The highest BCUT2D eigenvalue weighted by atomic mass is 19.1. The Hall–Kier alpha value is -1.78. The number of aliphatic hydroxyl groups excluding tert-OH is 1. The van der Waals surface area contributed by atoms with Crippen LogP contribution in [0.4, 0.5) is 8.78 Å². The topological polar surface area (TPSA) is 23.5 Å². The quantitative estimate of drug-likeness (QED) is 0.907. The Morgan fingerprint density at radius 2 is 1.60 bits per heavy atom. The highest BCUT2D eigenvalue weighted by molar-refractivity contribution is 5.20. The summed E-state index contributed by atoms with van der Waals surface area (Å²) in [7, 11) is 1.72. The van der Waals surface area contributed by atoms with E-state index < -0.39 is 17.7 Å². The second-order valence-corrected chi connectivity index (χ2v) is 4.82. The molecule has 0 amide bonds. The molecular weight excluding hydrogens is 260 g/mol. The van der Waals surface area contributed by atoms with Crippen LogP contribution >= 0.6 is 0 Å². The highest BCUT2D eigenvalue weighted by Crippen LogP contribution is 2.17. The average molecular weight is 277 g/mol. The number of benzene rings is 2. The smallest absolute Gasteiger partial charge is 0.130 e. The number of aliphatic hydroxyl groups is 1. The molecule has 0 spiro atoms. The Morgan fingerprint density at radius 3 is 2.20 bits per heavy atom. The van der Waals surface area contributed by atoms with E-state index in [-0.39, 0.29) is 12.1 Å². The Bertz CT molecular complexity index is 539. The Balaban J connectivity index is 2.01. The van der Waals surface area contributed by atoms with E-state index in [0.29, 0.717) is 6.54 Å². The molecule has 0 aliphatic carbocycles. The normalized spacial score (nSPS) is 12.7. The van der Waals surface area contributed by atoms with E-state index >= 15 is 0 Å². The number of halogens is 2. The van der Waals surface area contributed by atoms with Crippen molar-refractivity contribution in [3.8, 4) is 0 Å². The van der Waals surface area contributed by atoms with Crippen molar-refractivity contribution in [2.45, 2.75) is 12.6 Å². The highest BCUT2D eigenvalue weighted by Gasteiger charge is 2.14. The zero-order valence-corrected chi connectivity index (χ0v) is 11.3. The summed E-state index contributed by atoms with van der Waals surface area (Å²) in [5, 5.41) is 10.1. The van der Waals surface area contributed by atoms with Crippen LogP contribution in [0.15, 0.2) is 48.5 Å². The molecule has 2 rings (SSSR count). The van der Waals surface area contributed by atoms with Crippen molar-refractivity contribution in [2.24, 2.45) is 0 Å². The minimum Gasteiger partial charge on any atom is -0.387 e. The summed E-state index contributed by atoms with van der Waals surface area (Å²) in [4.78, 5) is 1.69. The van der Waals surface area contributed by atoms with Crippen LogP contribution in [0.5, 0.6) is 0 Å². The lowest BCUT2D eigenvalue weighted by atomic mass is 10.1. The third kappa shape index (κ3) is 3.62. The maximum Gasteiger partial charge on any atom is 0.130 e. The van der Waals surface area contributed by atoms with Gasteiger partial charge in [0.25, 0.3) is 0 Å². The summed E-state index contributed by atoms with van der Waals surface area (Å²) in [5.41, 5.74) is 0.809. The molecule has 0 aromatic heterocycles. The lowest BCUT2D eigenvalue weighted by Gasteiger charge is -2.21. The molecule has 0 unspecified atom stereocenters. The summed E-state index contributed by atoms with van der Waals surface area (Å²) >= 11 is 0. The van der Waals surface area contributed by atoms with Gasteiger partial charge in [0.1, 0.15) is 11.6 Å². The summed E-state index contributed by atoms with van der Waals surface area (Å²) in [6, 6.07) is 13.0. The molecule has 1 atom stereocenters. The molecule has 0 bridgehead atoms. The van der Waals surface area contributed by atoms with E-state index in [4.69, 9.17) is 0 Å². The average Bonchev–Trinajstić information content (AvgIpc) is 2.44. The number of rotatable bonds is 5. The largest absolute Gasteiger partial charge is 0.387 e. The summed E-state index contributed by atoms with van der Waals surface area (Å²) < 4.78 is 27.1. The van der Waals surface area contributed by atoms with Crippen LogP contribution in [0.25, 0.3) is 0 Å². The van der Waals surface area contributed by atoms with Gasteiger partial charge in [-0.1, -0.05) is 36.4 Å². The third-order valence-electron chi connectivity index (χ3n) is 3.16. The van der Waals surface area contributed by atoms with Crippen LogP contribution < -0.4 is 0 Å². The molecule has 0 saturated heterocycles. The maximum absolute atomic E-state index is 13.5. The van der Waals surface area contributed by atoms with Gasteiger partial charge in [-0.15, -0.1) is 0 Å². The minimum atomic E-state index is -0.684. The lowest BCUT2D eigenvalue weighted by molar-refractivity contribution is 0.122. The van der Waals surface area contributed by atoms with E-state index in [0.717, 1.165) is 5.56 Å². The predicted octanol–water partition coefficient (Wildman–Crippen LogP) is 3.13. The molecule has 0 saturated carbocycles. The maximum atomic E-state index is 13.5. The van der Waals surface area contributed by atoms with E-state index in [2.05, 4.69) is 0 Å². The number of hydrogen-bond donors (Lipinski definition) is 1. The molecule has 106 valence electrons. The van der Waals surface area contributed by atoms with Crippen LogP contribution in [0.1, 0.15) is 17.2 Å². The fraction of sp³-hybridized carbons (Fsp3) is 0.250. The molecule has 2 aromatic rings. The summed E-state index contributed by atoms with van der Waals surface area (Å²) in [6.45, 7) is 0.417. The van der Waals surface area contributed by atoms with Gasteiger partial charge in [-0.3, -0.25) is 4.90 Å². The van der Waals surface area contributed by atoms with Crippen LogP contribution in [0, 0.1) is 11.6 Å². The first-order chi connectivity index (χ1) is 9.58. The summed E-state index contributed by atoms with van der Waals surface area (Å²) in [5.74, 6) is -1.13. The first kappa shape index (κ1) is 14.6. The monoisotopic (exact) mass is 277 g/mol. The number of likely N-dealkylation sites (N-methyl/N-ethyl adjacent to an activating group) is 1. The number of hydrogen-bond acceptors (Lipinski definition) is 2. The van der Waals surface area contributed by atoms with Gasteiger partial charge in [-0.2, -0.15) is 0 Å². The minimum absolute atomic E-state index is 0.0234. The van der Waals surface area contributed by atoms with Crippen molar-refractivity contribution in [3.63, 3.8) is 0 Å². The van der Waals surface area contributed by atoms with Crippen molar-refractivity contribution in [3.05, 3.63) is 71.3 Å². The molecule has 2 aromatic carbocycles. The Labute approximate surface area is 117 Å². The molecule has 1 N–H and O–H groups in total. The van der Waals surface area contributed by atoms with Gasteiger partial charge in [0, 0.05) is 18.7 Å². The fourth-order valence-electron chi connectivity index (χ4n) is 2.09. The van der Waals surface area contributed by atoms with Crippen molar-refractivity contribution in [1.29, 1.82) is 0 Å². The van der Waals surface area contributed by atoms with Crippen LogP contribution in [-0.4, -0.2) is 23.6 Å².